The van der Waals surface area contributed by atoms with Gasteiger partial charge in [0.05, 0.1) is 17.3 Å². The second-order valence-corrected chi connectivity index (χ2v) is 7.16. The molecule has 1 atom stereocenters. The van der Waals surface area contributed by atoms with Crippen LogP contribution in [-0.4, -0.2) is 20.9 Å². The summed E-state index contributed by atoms with van der Waals surface area (Å²) in [7, 11) is 0. The molecule has 0 radical (unpaired) electrons. The van der Waals surface area contributed by atoms with Crippen molar-refractivity contribution in [3.8, 4) is 5.69 Å². The summed E-state index contributed by atoms with van der Waals surface area (Å²) in [6.45, 7) is 3.67. The zero-order chi connectivity index (χ0) is 19.2. The molecule has 2 aromatic carbocycles. The Kier molecular flexibility index (Phi) is 4.08. The monoisotopic (exact) mass is 365 g/mol. The smallest absolute Gasteiger partial charge is 0.254 e. The van der Waals surface area contributed by atoms with E-state index in [1.807, 2.05) is 35.9 Å². The summed E-state index contributed by atoms with van der Waals surface area (Å²) >= 11 is 0. The Morgan fingerprint density at radius 2 is 2.00 bits per heavy atom. The summed E-state index contributed by atoms with van der Waals surface area (Å²) in [6.07, 6.45) is 2.43. The molecular formula is C21H20FN3O2. The highest BCUT2D eigenvalue weighted by Crippen LogP contribution is 2.42. The third-order valence-corrected chi connectivity index (χ3v) is 5.48. The summed E-state index contributed by atoms with van der Waals surface area (Å²) in [4.78, 5) is 12.8. The van der Waals surface area contributed by atoms with Gasteiger partial charge in [0.1, 0.15) is 5.82 Å². The lowest BCUT2D eigenvalue weighted by Gasteiger charge is -2.29. The predicted octanol–water partition coefficient (Wildman–Crippen LogP) is 3.17. The van der Waals surface area contributed by atoms with Gasteiger partial charge in [-0.05, 0) is 60.7 Å². The van der Waals surface area contributed by atoms with Crippen LogP contribution < -0.4 is 5.48 Å². The molecule has 0 saturated heterocycles. The fourth-order valence-corrected chi connectivity index (χ4v) is 4.11. The molecule has 1 aliphatic rings. The van der Waals surface area contributed by atoms with Gasteiger partial charge in [0, 0.05) is 12.1 Å². The van der Waals surface area contributed by atoms with Crippen LogP contribution in [0.3, 0.4) is 0 Å². The Labute approximate surface area is 156 Å². The van der Waals surface area contributed by atoms with Gasteiger partial charge in [0.25, 0.3) is 5.91 Å². The minimum Gasteiger partial charge on any atom is -0.289 e. The van der Waals surface area contributed by atoms with Crippen molar-refractivity contribution in [1.29, 1.82) is 0 Å². The van der Waals surface area contributed by atoms with E-state index >= 15 is 0 Å². The molecule has 0 saturated carbocycles. The lowest BCUT2D eigenvalue weighted by molar-refractivity contribution is -0.135. The molecule has 6 heteroatoms. The number of hydroxylamine groups is 1. The molecule has 1 aromatic heterocycles. The molecule has 0 fully saturated rings. The average molecular weight is 365 g/mol. The number of hydrogen-bond acceptors (Lipinski definition) is 3. The van der Waals surface area contributed by atoms with Crippen LogP contribution in [0.4, 0.5) is 4.39 Å². The molecule has 0 aliphatic heterocycles. The van der Waals surface area contributed by atoms with Crippen molar-refractivity contribution < 1.29 is 14.4 Å². The van der Waals surface area contributed by atoms with Crippen LogP contribution in [0.15, 0.2) is 48.7 Å². The third-order valence-electron chi connectivity index (χ3n) is 5.48. The Morgan fingerprint density at radius 1 is 1.22 bits per heavy atom. The largest absolute Gasteiger partial charge is 0.289 e. The Bertz CT molecular complexity index is 1040. The number of fused-ring (bicyclic) bond motifs is 1. The second-order valence-electron chi connectivity index (χ2n) is 7.16. The molecule has 1 unspecified atom stereocenters. The Balaban J connectivity index is 1.85. The predicted molar refractivity (Wildman–Crippen MR) is 98.5 cm³/mol. The first-order valence-electron chi connectivity index (χ1n) is 8.79. The van der Waals surface area contributed by atoms with Crippen LogP contribution in [0.1, 0.15) is 27.9 Å². The highest BCUT2D eigenvalue weighted by molar-refractivity contribution is 5.89. The van der Waals surface area contributed by atoms with Crippen molar-refractivity contribution in [2.75, 3.05) is 0 Å². The van der Waals surface area contributed by atoms with Crippen molar-refractivity contribution in [2.45, 2.75) is 32.1 Å². The van der Waals surface area contributed by atoms with Gasteiger partial charge in [-0.1, -0.05) is 24.3 Å². The number of carbonyl (C=O) groups excluding carboxylic acids is 1. The highest BCUT2D eigenvalue weighted by atomic mass is 19.1. The fraction of sp³-hybridized carbons (Fsp3) is 0.238. The molecule has 27 heavy (non-hydrogen) atoms. The first kappa shape index (κ1) is 17.4. The van der Waals surface area contributed by atoms with E-state index in [0.717, 1.165) is 22.5 Å². The first-order chi connectivity index (χ1) is 13.0. The van der Waals surface area contributed by atoms with Crippen molar-refractivity contribution in [3.05, 3.63) is 82.4 Å². The Hall–Kier alpha value is -2.99. The lowest BCUT2D eigenvalue weighted by Crippen LogP contribution is -2.45. The number of aryl methyl sites for hydroxylation is 1. The standard InChI is InChI=1S/C21H20FN3O2/c1-13-5-3-6-16(9-13)25-19-11-21(20(26)24-27,10-15(19)12-23-25)17-7-4-8-18(22)14(17)2/h3-9,12,27H,10-11H2,1-2H3,(H,24,26). The van der Waals surface area contributed by atoms with E-state index in [2.05, 4.69) is 5.10 Å². The number of hydrogen-bond donors (Lipinski definition) is 2. The maximum Gasteiger partial charge on any atom is 0.254 e. The van der Waals surface area contributed by atoms with E-state index in [4.69, 9.17) is 0 Å². The SMILES string of the molecule is Cc1cccc(-n2ncc3c2CC(C(=O)NO)(c2cccc(F)c2C)C3)c1. The first-order valence-corrected chi connectivity index (χ1v) is 8.79. The number of halogens is 1. The molecule has 4 rings (SSSR count). The average Bonchev–Trinajstić information content (AvgIpc) is 3.21. The molecule has 5 nitrogen and oxygen atoms in total. The fourth-order valence-electron chi connectivity index (χ4n) is 4.11. The number of nitrogens with one attached hydrogen (secondary N) is 1. The van der Waals surface area contributed by atoms with E-state index < -0.39 is 11.3 Å². The summed E-state index contributed by atoms with van der Waals surface area (Å²) in [5.74, 6) is -0.905. The number of rotatable bonds is 3. The van der Waals surface area contributed by atoms with Crippen LogP contribution in [0, 0.1) is 19.7 Å². The summed E-state index contributed by atoms with van der Waals surface area (Å²) in [6, 6.07) is 12.7. The second kappa shape index (κ2) is 6.32. The molecule has 0 bridgehead atoms. The van der Waals surface area contributed by atoms with E-state index in [0.29, 0.717) is 24.0 Å². The van der Waals surface area contributed by atoms with Crippen LogP contribution in [0.2, 0.25) is 0 Å². The molecule has 3 aromatic rings. The quantitative estimate of drug-likeness (QED) is 0.553. The van der Waals surface area contributed by atoms with E-state index in [1.165, 1.54) is 6.07 Å². The maximum atomic E-state index is 14.2. The molecule has 2 N–H and O–H groups in total. The van der Waals surface area contributed by atoms with Gasteiger partial charge in [0.2, 0.25) is 0 Å². The van der Waals surface area contributed by atoms with E-state index in [1.54, 1.807) is 30.7 Å². The summed E-state index contributed by atoms with van der Waals surface area (Å²) in [5.41, 5.74) is 5.56. The van der Waals surface area contributed by atoms with Crippen molar-refractivity contribution in [1.82, 2.24) is 15.3 Å². The van der Waals surface area contributed by atoms with Crippen LogP contribution >= 0.6 is 0 Å². The summed E-state index contributed by atoms with van der Waals surface area (Å²) in [5, 5.41) is 13.9. The lowest BCUT2D eigenvalue weighted by atomic mass is 9.75. The normalized spacial score (nSPS) is 18.4. The van der Waals surface area contributed by atoms with Gasteiger partial charge in [-0.15, -0.1) is 0 Å². The van der Waals surface area contributed by atoms with Gasteiger partial charge in [-0.3, -0.25) is 10.0 Å². The van der Waals surface area contributed by atoms with E-state index in [-0.39, 0.29) is 5.82 Å². The third kappa shape index (κ3) is 2.64. The van der Waals surface area contributed by atoms with E-state index in [9.17, 15) is 14.4 Å². The molecular weight excluding hydrogens is 345 g/mol. The van der Waals surface area contributed by atoms with Gasteiger partial charge < -0.3 is 0 Å². The van der Waals surface area contributed by atoms with Crippen molar-refractivity contribution in [3.63, 3.8) is 0 Å². The van der Waals surface area contributed by atoms with Crippen molar-refractivity contribution >= 4 is 5.91 Å². The number of aromatic nitrogens is 2. The number of nitrogens with zero attached hydrogens (tertiary/aromatic N) is 2. The van der Waals surface area contributed by atoms with Crippen LogP contribution in [0.5, 0.6) is 0 Å². The van der Waals surface area contributed by atoms with Gasteiger partial charge >= 0.3 is 0 Å². The summed E-state index contributed by atoms with van der Waals surface area (Å²) < 4.78 is 16.0. The highest BCUT2D eigenvalue weighted by Gasteiger charge is 2.48. The minimum atomic E-state index is -1.07. The maximum absolute atomic E-state index is 14.2. The van der Waals surface area contributed by atoms with Gasteiger partial charge in [0.15, 0.2) is 0 Å². The molecule has 1 amide bonds. The van der Waals surface area contributed by atoms with Crippen molar-refractivity contribution in [2.24, 2.45) is 0 Å². The number of amides is 1. The molecule has 0 spiro atoms. The topological polar surface area (TPSA) is 67.2 Å². The van der Waals surface area contributed by atoms with Crippen LogP contribution in [-0.2, 0) is 23.1 Å². The minimum absolute atomic E-state index is 0.326. The molecule has 138 valence electrons. The number of carbonyl (C=O) groups is 1. The van der Waals surface area contributed by atoms with Crippen LogP contribution in [0.25, 0.3) is 5.69 Å². The van der Waals surface area contributed by atoms with Gasteiger partial charge in [-0.25, -0.2) is 14.6 Å². The Morgan fingerprint density at radius 3 is 2.74 bits per heavy atom. The van der Waals surface area contributed by atoms with Gasteiger partial charge in [-0.2, -0.15) is 5.10 Å². The number of benzene rings is 2. The molecule has 1 aliphatic carbocycles. The zero-order valence-electron chi connectivity index (χ0n) is 15.2. The zero-order valence-corrected chi connectivity index (χ0v) is 15.2. The molecule has 1 heterocycles.